The molecular formula is H2ClK2MgNa2O12PS2. The van der Waals surface area contributed by atoms with Crippen molar-refractivity contribution >= 4 is 51.7 Å². The molecule has 0 atom stereocenters. The van der Waals surface area contributed by atoms with E-state index in [1.165, 1.54) is 0 Å². The fourth-order valence-electron chi connectivity index (χ4n) is 0. The molecule has 0 unspecified atom stereocenters. The first-order valence-electron chi connectivity index (χ1n) is 2.10. The first-order valence-corrected chi connectivity index (χ1v) is 6.29. The Hall–Kier alpha value is 6.18. The summed E-state index contributed by atoms with van der Waals surface area (Å²) in [5, 5.41) is 0. The molecule has 0 saturated carbocycles. The predicted molar refractivity (Wildman–Crippen MR) is 38.4 cm³/mol. The quantitative estimate of drug-likeness (QED) is 0.144. The standard InChI is InChI=1S/ClH.2K.Mg.2Na.H3O4P.2H2O4S/c;;;;;;3*1-5(2,3)4/h1H;;;;;;(H3,1,2,3,4);2*(H2,1,2,3,4)/q;2*+1;+2;2*+1;;;/p-6. The summed E-state index contributed by atoms with van der Waals surface area (Å²) in [6.07, 6.45) is 0. The zero-order chi connectivity index (χ0) is 13.5. The summed E-state index contributed by atoms with van der Waals surface area (Å²) < 4.78 is 75.6. The van der Waals surface area contributed by atoms with E-state index in [1.54, 1.807) is 0 Å². The zero-order valence-electron chi connectivity index (χ0n) is 11.3. The molecule has 104 valence electrons. The molecule has 0 aromatic heterocycles. The van der Waals surface area contributed by atoms with Gasteiger partial charge in [0.15, 0.2) is 0 Å². The molecule has 0 fully saturated rings. The third-order valence-corrected chi connectivity index (χ3v) is 0. The van der Waals surface area contributed by atoms with Gasteiger partial charge < -0.3 is 45.3 Å². The maximum atomic E-state index is 8.66. The molecule has 0 amide bonds. The zero-order valence-corrected chi connectivity index (χ0v) is 26.3. The minimum absolute atomic E-state index is 0. The fourth-order valence-corrected chi connectivity index (χ4v) is 0. The summed E-state index contributed by atoms with van der Waals surface area (Å²) in [6, 6.07) is 0. The van der Waals surface area contributed by atoms with Gasteiger partial charge in [0.05, 0.1) is 7.82 Å². The fraction of sp³-hybridized carbons (Fsp3) is 0. The van der Waals surface area contributed by atoms with Gasteiger partial charge in [0, 0.05) is 10.4 Å². The van der Waals surface area contributed by atoms with E-state index in [2.05, 4.69) is 0 Å². The smallest absolute Gasteiger partial charge is 1.00 e. The van der Waals surface area contributed by atoms with Crippen LogP contribution in [0, 0.1) is 0 Å². The van der Waals surface area contributed by atoms with Crippen LogP contribution < -0.4 is 184 Å². The number of hydrogen-bond acceptors (Lipinski definition) is 10. The van der Waals surface area contributed by atoms with E-state index in [-0.39, 0.29) is 197 Å². The van der Waals surface area contributed by atoms with Crippen molar-refractivity contribution in [3.63, 3.8) is 0 Å². The van der Waals surface area contributed by atoms with Crippen LogP contribution in [0.2, 0.25) is 0 Å². The molecule has 0 aliphatic heterocycles. The van der Waals surface area contributed by atoms with Gasteiger partial charge in [-0.2, -0.15) is 0 Å². The van der Waals surface area contributed by atoms with Crippen molar-refractivity contribution < 1.29 is 229 Å². The van der Waals surface area contributed by atoms with E-state index < -0.39 is 28.6 Å². The Balaban J connectivity index is -0.0000000129. The topological polar surface area (TPSA) is 241 Å². The summed E-state index contributed by atoms with van der Waals surface area (Å²) >= 11 is 0. The Kier molecular flexibility index (Phi) is 76.2. The van der Waals surface area contributed by atoms with E-state index in [9.17, 15) is 0 Å². The van der Waals surface area contributed by atoms with Crippen molar-refractivity contribution in [1.82, 2.24) is 0 Å². The molecule has 0 spiro atoms. The molecule has 0 aromatic rings. The van der Waals surface area contributed by atoms with Gasteiger partial charge in [-0.15, -0.1) is 0 Å². The molecule has 2 N–H and O–H groups in total. The molecular weight excluding hydrogens is 471 g/mol. The normalized spacial score (nSPS) is 8.33. The number of hydrogen-bond donors (Lipinski definition) is 2. The molecule has 0 saturated heterocycles. The third kappa shape index (κ3) is 401. The molecule has 12 nitrogen and oxygen atoms in total. The second-order valence-corrected chi connectivity index (χ2v) is 3.91. The Labute approximate surface area is 273 Å². The average molecular weight is 473 g/mol. The minimum Gasteiger partial charge on any atom is -1.00 e. The van der Waals surface area contributed by atoms with E-state index in [0.29, 0.717) is 0 Å². The molecule has 0 radical (unpaired) electrons. The molecule has 0 aliphatic carbocycles. The van der Waals surface area contributed by atoms with Crippen molar-refractivity contribution in [3.8, 4) is 0 Å². The van der Waals surface area contributed by atoms with Crippen LogP contribution in [0.3, 0.4) is 0 Å². The summed E-state index contributed by atoms with van der Waals surface area (Å²) in [7, 11) is -15.2. The van der Waals surface area contributed by atoms with Gasteiger partial charge in [0.25, 0.3) is 0 Å². The van der Waals surface area contributed by atoms with E-state index in [0.717, 1.165) is 0 Å². The molecule has 0 rings (SSSR count). The van der Waals surface area contributed by atoms with Crippen LogP contribution in [0.15, 0.2) is 0 Å². The maximum absolute atomic E-state index is 8.66. The molecule has 0 aromatic carbocycles. The van der Waals surface area contributed by atoms with Crippen molar-refractivity contribution in [3.05, 3.63) is 0 Å². The Bertz CT molecular complexity index is 351. The second-order valence-electron chi connectivity index (χ2n) is 1.30. The van der Waals surface area contributed by atoms with Crippen LogP contribution in [0.5, 0.6) is 0 Å². The van der Waals surface area contributed by atoms with Gasteiger partial charge in [-0.25, -0.2) is 8.42 Å². The van der Waals surface area contributed by atoms with Gasteiger partial charge in [-0.1, -0.05) is 0 Å². The summed E-state index contributed by atoms with van der Waals surface area (Å²) in [4.78, 5) is 24.3. The Morgan fingerprint density at radius 3 is 0.857 bits per heavy atom. The summed E-state index contributed by atoms with van der Waals surface area (Å²) in [5.74, 6) is 0. The number of phosphoric acid groups is 1. The third-order valence-electron chi connectivity index (χ3n) is 0. The molecule has 21 heteroatoms. The van der Waals surface area contributed by atoms with Gasteiger partial charge in [-0.05, 0) is 0 Å². The molecule has 0 bridgehead atoms. The van der Waals surface area contributed by atoms with Crippen LogP contribution in [-0.2, 0) is 25.4 Å². The van der Waals surface area contributed by atoms with Crippen molar-refractivity contribution in [2.45, 2.75) is 0 Å². The SMILES string of the molecule is O=P([O-])([O-])O.O=S(=O)([O-])O.O=S(=O)([O-])[O-].[Cl-].[K+].[K+].[Mg+2].[Na+].[Na+]. The monoisotopic (exact) mass is 472 g/mol. The first kappa shape index (κ1) is 56.4. The molecule has 21 heavy (non-hydrogen) atoms. The van der Waals surface area contributed by atoms with Crippen molar-refractivity contribution in [2.75, 3.05) is 0 Å². The number of rotatable bonds is 0. The van der Waals surface area contributed by atoms with Gasteiger partial charge in [0.2, 0.25) is 10.4 Å². The van der Waals surface area contributed by atoms with Crippen LogP contribution in [-0.4, -0.2) is 63.0 Å². The predicted octanol–water partition coefficient (Wildman–Crippen LogP) is -19.9. The van der Waals surface area contributed by atoms with Crippen molar-refractivity contribution in [2.24, 2.45) is 0 Å². The summed E-state index contributed by atoms with van der Waals surface area (Å²) in [5.41, 5.74) is 0. The molecule has 0 heterocycles. The molecule has 0 aliphatic rings. The minimum atomic E-state index is -5.17. The first-order chi connectivity index (χ1) is 6.00. The number of halogens is 1. The van der Waals surface area contributed by atoms with Crippen LogP contribution in [0.25, 0.3) is 0 Å². The van der Waals surface area contributed by atoms with E-state index >= 15 is 0 Å². The van der Waals surface area contributed by atoms with E-state index in [4.69, 9.17) is 54.3 Å². The van der Waals surface area contributed by atoms with Crippen LogP contribution in [0.1, 0.15) is 0 Å². The largest absolute Gasteiger partial charge is 2.00 e. The Morgan fingerprint density at radius 2 is 0.857 bits per heavy atom. The summed E-state index contributed by atoms with van der Waals surface area (Å²) in [6.45, 7) is 0. The van der Waals surface area contributed by atoms with Crippen LogP contribution >= 0.6 is 7.82 Å². The van der Waals surface area contributed by atoms with Gasteiger partial charge in [-0.3, -0.25) is 13.0 Å². The Morgan fingerprint density at radius 1 is 0.857 bits per heavy atom. The van der Waals surface area contributed by atoms with Crippen LogP contribution in [0.4, 0.5) is 0 Å². The maximum Gasteiger partial charge on any atom is 2.00 e. The van der Waals surface area contributed by atoms with E-state index in [1.807, 2.05) is 0 Å². The second kappa shape index (κ2) is 28.4. The average Bonchev–Trinajstić information content (AvgIpc) is 1.41. The van der Waals surface area contributed by atoms with Gasteiger partial charge >= 0.3 is 185 Å². The van der Waals surface area contributed by atoms with Gasteiger partial charge in [0.1, 0.15) is 0 Å². The van der Waals surface area contributed by atoms with Crippen molar-refractivity contribution in [1.29, 1.82) is 0 Å².